The second-order valence-corrected chi connectivity index (χ2v) is 8.16. The minimum atomic E-state index is -3.76. The fraction of sp³-hybridized carbons (Fsp3) is 0.235. The van der Waals surface area contributed by atoms with Gasteiger partial charge in [0.2, 0.25) is 10.0 Å². The smallest absolute Gasteiger partial charge is 0.306 e. The molecule has 1 aromatic carbocycles. The topological polar surface area (TPSA) is 128 Å². The first-order chi connectivity index (χ1) is 13.1. The monoisotopic (exact) mass is 445 g/mol. The van der Waals surface area contributed by atoms with Crippen LogP contribution in [-0.2, 0) is 30.8 Å². The van der Waals surface area contributed by atoms with Gasteiger partial charge in [0.1, 0.15) is 0 Å². The molecule has 0 bridgehead atoms. The van der Waals surface area contributed by atoms with E-state index in [9.17, 15) is 18.0 Å². The van der Waals surface area contributed by atoms with Crippen molar-refractivity contribution >= 4 is 50.9 Å². The maximum Gasteiger partial charge on any atom is 0.306 e. The Morgan fingerprint density at radius 3 is 2.43 bits per heavy atom. The summed E-state index contributed by atoms with van der Waals surface area (Å²) in [5.74, 6) is -1.06. The van der Waals surface area contributed by atoms with Crippen LogP contribution in [0.5, 0.6) is 0 Å². The van der Waals surface area contributed by atoms with Crippen LogP contribution in [0.4, 0.5) is 5.82 Å². The van der Waals surface area contributed by atoms with Crippen LogP contribution in [0, 0.1) is 6.92 Å². The first-order valence-electron chi connectivity index (χ1n) is 7.96. The van der Waals surface area contributed by atoms with Crippen molar-refractivity contribution in [2.75, 3.05) is 11.9 Å². The molecule has 1 heterocycles. The molecule has 8 nitrogen and oxygen atoms in total. The second-order valence-electron chi connectivity index (χ2n) is 5.78. The van der Waals surface area contributed by atoms with Crippen LogP contribution in [-0.4, -0.2) is 31.9 Å². The summed E-state index contributed by atoms with van der Waals surface area (Å²) in [6.45, 7) is 1.16. The van der Waals surface area contributed by atoms with Crippen LogP contribution in [0.1, 0.15) is 17.7 Å². The Morgan fingerprint density at radius 2 is 1.82 bits per heavy atom. The number of sulfonamides is 1. The molecular weight excluding hydrogens is 429 g/mol. The zero-order valence-electron chi connectivity index (χ0n) is 14.7. The van der Waals surface area contributed by atoms with Crippen LogP contribution in [0.15, 0.2) is 35.2 Å². The van der Waals surface area contributed by atoms with Crippen molar-refractivity contribution in [3.05, 3.63) is 51.6 Å². The molecule has 3 N–H and O–H groups in total. The van der Waals surface area contributed by atoms with Gasteiger partial charge in [-0.1, -0.05) is 35.3 Å². The number of carbonyl (C=O) groups excluding carboxylic acids is 2. The highest BCUT2D eigenvalue weighted by molar-refractivity contribution is 7.89. The molecule has 0 spiro atoms. The van der Waals surface area contributed by atoms with Gasteiger partial charge in [-0.25, -0.2) is 18.5 Å². The van der Waals surface area contributed by atoms with Gasteiger partial charge in [-0.2, -0.15) is 0 Å². The van der Waals surface area contributed by atoms with Gasteiger partial charge in [0.15, 0.2) is 12.4 Å². The number of benzene rings is 1. The van der Waals surface area contributed by atoms with Crippen LogP contribution in [0.3, 0.4) is 0 Å². The van der Waals surface area contributed by atoms with Gasteiger partial charge in [0, 0.05) is 6.42 Å². The number of amides is 1. The molecule has 0 atom stereocenters. The zero-order chi connectivity index (χ0) is 20.9. The molecule has 0 saturated heterocycles. The van der Waals surface area contributed by atoms with Crippen LogP contribution in [0.2, 0.25) is 10.0 Å². The highest BCUT2D eigenvalue weighted by Crippen LogP contribution is 2.25. The summed E-state index contributed by atoms with van der Waals surface area (Å²) in [4.78, 5) is 27.7. The van der Waals surface area contributed by atoms with Crippen LogP contribution < -0.4 is 10.5 Å². The number of primary sulfonamides is 1. The van der Waals surface area contributed by atoms with Crippen molar-refractivity contribution in [1.29, 1.82) is 0 Å². The minimum Gasteiger partial charge on any atom is -0.456 e. The molecule has 0 unspecified atom stereocenters. The van der Waals surface area contributed by atoms with Crippen molar-refractivity contribution in [3.63, 3.8) is 0 Å². The molecule has 28 heavy (non-hydrogen) atoms. The summed E-state index contributed by atoms with van der Waals surface area (Å²) in [6, 6.07) is 7.27. The SMILES string of the molecule is Cc1nc(NC(=O)COC(=O)CCc2ccc(S(N)(=O)=O)cc2)c(Cl)cc1Cl. The van der Waals surface area contributed by atoms with Gasteiger partial charge in [-0.15, -0.1) is 0 Å². The van der Waals surface area contributed by atoms with Gasteiger partial charge >= 0.3 is 5.97 Å². The Morgan fingerprint density at radius 1 is 1.18 bits per heavy atom. The summed E-state index contributed by atoms with van der Waals surface area (Å²) >= 11 is 11.8. The number of nitrogens with zero attached hydrogens (tertiary/aromatic N) is 1. The highest BCUT2D eigenvalue weighted by atomic mass is 35.5. The fourth-order valence-corrected chi connectivity index (χ4v) is 3.05. The Bertz CT molecular complexity index is 995. The van der Waals surface area contributed by atoms with Crippen LogP contribution >= 0.6 is 23.2 Å². The van der Waals surface area contributed by atoms with E-state index in [4.69, 9.17) is 33.1 Å². The molecule has 150 valence electrons. The fourth-order valence-electron chi connectivity index (χ4n) is 2.12. The molecule has 0 fully saturated rings. The molecule has 0 aliphatic heterocycles. The summed E-state index contributed by atoms with van der Waals surface area (Å²) in [7, 11) is -3.76. The lowest BCUT2D eigenvalue weighted by atomic mass is 10.1. The molecule has 2 aromatic rings. The summed E-state index contributed by atoms with van der Waals surface area (Å²) in [5.41, 5.74) is 1.22. The summed E-state index contributed by atoms with van der Waals surface area (Å²) in [6.07, 6.45) is 0.330. The van der Waals surface area contributed by atoms with Gasteiger partial charge in [-0.3, -0.25) is 9.59 Å². The number of ether oxygens (including phenoxy) is 1. The van der Waals surface area contributed by atoms with E-state index in [0.717, 1.165) is 5.56 Å². The predicted octanol–water partition coefficient (Wildman–Crippen LogP) is 2.46. The number of hydrogen-bond acceptors (Lipinski definition) is 6. The maximum atomic E-state index is 11.9. The van der Waals surface area contributed by atoms with E-state index in [1.165, 1.54) is 18.2 Å². The number of rotatable bonds is 7. The van der Waals surface area contributed by atoms with Crippen molar-refractivity contribution < 1.29 is 22.7 Å². The first-order valence-corrected chi connectivity index (χ1v) is 10.3. The number of nitrogens with one attached hydrogen (secondary N) is 1. The molecule has 1 aromatic heterocycles. The Balaban J connectivity index is 1.81. The summed E-state index contributed by atoms with van der Waals surface area (Å²) in [5, 5.41) is 7.99. The van der Waals surface area contributed by atoms with Gasteiger partial charge in [0.05, 0.1) is 20.6 Å². The molecule has 0 radical (unpaired) electrons. The van der Waals surface area contributed by atoms with E-state index in [0.29, 0.717) is 17.1 Å². The number of pyridine rings is 1. The van der Waals surface area contributed by atoms with Crippen molar-refractivity contribution in [3.8, 4) is 0 Å². The number of aromatic nitrogens is 1. The number of carbonyl (C=O) groups is 2. The minimum absolute atomic E-state index is 0.0137. The van der Waals surface area contributed by atoms with E-state index in [2.05, 4.69) is 10.3 Å². The van der Waals surface area contributed by atoms with Gasteiger partial charge < -0.3 is 10.1 Å². The van der Waals surface area contributed by atoms with Crippen molar-refractivity contribution in [2.24, 2.45) is 5.14 Å². The Kier molecular flexibility index (Phi) is 7.36. The molecule has 2 rings (SSSR count). The zero-order valence-corrected chi connectivity index (χ0v) is 17.1. The lowest BCUT2D eigenvalue weighted by Gasteiger charge is -2.09. The quantitative estimate of drug-likeness (QED) is 0.629. The average Bonchev–Trinajstić information content (AvgIpc) is 2.62. The van der Waals surface area contributed by atoms with E-state index in [1.807, 2.05) is 0 Å². The first kappa shape index (κ1) is 22.1. The molecule has 0 aliphatic rings. The van der Waals surface area contributed by atoms with E-state index in [1.54, 1.807) is 19.1 Å². The third-order valence-corrected chi connectivity index (χ3v) is 5.20. The predicted molar refractivity (Wildman–Crippen MR) is 105 cm³/mol. The van der Waals surface area contributed by atoms with E-state index in [-0.39, 0.29) is 22.2 Å². The van der Waals surface area contributed by atoms with Crippen molar-refractivity contribution in [1.82, 2.24) is 4.98 Å². The number of esters is 1. The molecular formula is C17H17Cl2N3O5S. The highest BCUT2D eigenvalue weighted by Gasteiger charge is 2.13. The van der Waals surface area contributed by atoms with Gasteiger partial charge in [0.25, 0.3) is 5.91 Å². The molecule has 11 heteroatoms. The lowest BCUT2D eigenvalue weighted by molar-refractivity contribution is -0.147. The third kappa shape index (κ3) is 6.45. The third-order valence-electron chi connectivity index (χ3n) is 3.60. The maximum absolute atomic E-state index is 11.9. The van der Waals surface area contributed by atoms with Gasteiger partial charge in [-0.05, 0) is 37.1 Å². The van der Waals surface area contributed by atoms with Crippen molar-refractivity contribution in [2.45, 2.75) is 24.7 Å². The Labute approximate surface area is 172 Å². The van der Waals surface area contributed by atoms with E-state index < -0.39 is 28.5 Å². The number of aryl methyl sites for hydroxylation is 2. The van der Waals surface area contributed by atoms with Crippen LogP contribution in [0.25, 0.3) is 0 Å². The number of nitrogens with two attached hydrogens (primary N) is 1. The standard InChI is InChI=1S/C17H17Cl2N3O5S/c1-10-13(18)8-14(19)17(21-10)22-15(23)9-27-16(24)7-4-11-2-5-12(6-3-11)28(20,25)26/h2-3,5-6,8H,4,7,9H2,1H3,(H2,20,25,26)(H,21,22,23). The normalized spacial score (nSPS) is 11.1. The molecule has 0 saturated carbocycles. The average molecular weight is 446 g/mol. The number of halogens is 2. The number of hydrogen-bond donors (Lipinski definition) is 2. The lowest BCUT2D eigenvalue weighted by Crippen LogP contribution is -2.22. The van der Waals surface area contributed by atoms with E-state index >= 15 is 0 Å². The Hall–Kier alpha value is -2.20. The summed E-state index contributed by atoms with van der Waals surface area (Å²) < 4.78 is 27.3. The molecule has 1 amide bonds. The molecule has 0 aliphatic carbocycles. The second kappa shape index (κ2) is 9.33. The largest absolute Gasteiger partial charge is 0.456 e. The number of anilines is 1.